The Morgan fingerprint density at radius 1 is 1.00 bits per heavy atom. The van der Waals surface area contributed by atoms with Crippen molar-refractivity contribution < 1.29 is 37.3 Å². The minimum atomic E-state index is -4.81. The minimum Gasteiger partial charge on any atom is -0.497 e. The maximum atomic E-state index is 12.9. The molecule has 0 aliphatic carbocycles. The largest absolute Gasteiger partial charge is 0.573 e. The van der Waals surface area contributed by atoms with E-state index in [1.807, 2.05) is 41.8 Å². The van der Waals surface area contributed by atoms with Gasteiger partial charge in [-0.2, -0.15) is 0 Å². The second-order valence-corrected chi connectivity index (χ2v) is 8.50. The minimum absolute atomic E-state index is 0.300. The molecule has 1 atom stereocenters. The van der Waals surface area contributed by atoms with Crippen LogP contribution in [-0.4, -0.2) is 35.2 Å². The summed E-state index contributed by atoms with van der Waals surface area (Å²) in [6.07, 6.45) is -5.49. The Hall–Kier alpha value is -4.14. The second-order valence-electron chi connectivity index (χ2n) is 8.50. The number of fused-ring (bicyclic) bond motifs is 1. The van der Waals surface area contributed by atoms with E-state index in [-0.39, 0.29) is 5.75 Å². The van der Waals surface area contributed by atoms with Crippen LogP contribution in [0, 0.1) is 6.92 Å². The first-order chi connectivity index (χ1) is 17.6. The molecule has 1 unspecified atom stereocenters. The second kappa shape index (κ2) is 10.5. The molecule has 37 heavy (non-hydrogen) atoms. The van der Waals surface area contributed by atoms with Gasteiger partial charge in [0.15, 0.2) is 6.10 Å². The van der Waals surface area contributed by atoms with Gasteiger partial charge in [0.25, 0.3) is 0 Å². The lowest BCUT2D eigenvalue weighted by Gasteiger charge is -2.15. The molecule has 1 N–H and O–H groups in total. The van der Waals surface area contributed by atoms with E-state index in [1.165, 1.54) is 12.1 Å². The van der Waals surface area contributed by atoms with Crippen molar-refractivity contribution in [3.63, 3.8) is 0 Å². The monoisotopic (exact) mass is 513 g/mol. The van der Waals surface area contributed by atoms with E-state index in [0.29, 0.717) is 30.0 Å². The highest BCUT2D eigenvalue weighted by Gasteiger charge is 2.31. The van der Waals surface area contributed by atoms with Crippen molar-refractivity contribution in [3.05, 3.63) is 78.0 Å². The van der Waals surface area contributed by atoms with Gasteiger partial charge in [-0.25, -0.2) is 4.79 Å². The van der Waals surface area contributed by atoms with Gasteiger partial charge in [-0.15, -0.1) is 13.2 Å². The Morgan fingerprint density at radius 2 is 1.70 bits per heavy atom. The molecule has 1 aromatic heterocycles. The van der Waals surface area contributed by atoms with Crippen LogP contribution in [0.15, 0.2) is 66.7 Å². The zero-order valence-corrected chi connectivity index (χ0v) is 20.5. The maximum absolute atomic E-state index is 12.9. The molecular formula is C28H26F3NO5. The first kappa shape index (κ1) is 25.9. The zero-order chi connectivity index (χ0) is 26.7. The van der Waals surface area contributed by atoms with E-state index in [9.17, 15) is 23.1 Å². The van der Waals surface area contributed by atoms with E-state index in [1.54, 1.807) is 38.3 Å². The zero-order valence-electron chi connectivity index (χ0n) is 20.5. The van der Waals surface area contributed by atoms with E-state index < -0.39 is 18.4 Å². The SMILES string of the molecule is CCC(Oc1cccc(Cn2c(C)c(-c3ccc(OC)cc3)c3ccc(OC(F)(F)F)cc32)c1)C(=O)O. The number of nitrogens with zero attached hydrogens (tertiary/aromatic N) is 1. The predicted molar refractivity (Wildman–Crippen MR) is 133 cm³/mol. The van der Waals surface area contributed by atoms with Crippen molar-refractivity contribution in [3.8, 4) is 28.4 Å². The lowest BCUT2D eigenvalue weighted by molar-refractivity contribution is -0.274. The van der Waals surface area contributed by atoms with Gasteiger partial charge in [-0.3, -0.25) is 0 Å². The molecule has 0 radical (unpaired) electrons. The van der Waals surface area contributed by atoms with Gasteiger partial charge < -0.3 is 23.9 Å². The summed E-state index contributed by atoms with van der Waals surface area (Å²) in [6.45, 7) is 3.94. The van der Waals surface area contributed by atoms with Crippen molar-refractivity contribution in [2.75, 3.05) is 7.11 Å². The number of carbonyl (C=O) groups is 1. The van der Waals surface area contributed by atoms with Crippen LogP contribution in [0.1, 0.15) is 24.6 Å². The number of carboxylic acid groups (broad SMARTS) is 1. The molecule has 4 rings (SSSR count). The Morgan fingerprint density at radius 3 is 2.32 bits per heavy atom. The van der Waals surface area contributed by atoms with Crippen LogP contribution in [0.25, 0.3) is 22.0 Å². The van der Waals surface area contributed by atoms with E-state index in [0.717, 1.165) is 27.8 Å². The van der Waals surface area contributed by atoms with Gasteiger partial charge in [0, 0.05) is 29.3 Å². The van der Waals surface area contributed by atoms with Crippen molar-refractivity contribution in [1.82, 2.24) is 4.57 Å². The maximum Gasteiger partial charge on any atom is 0.573 e. The Balaban J connectivity index is 1.80. The number of benzene rings is 3. The van der Waals surface area contributed by atoms with Gasteiger partial charge in [0.2, 0.25) is 0 Å². The highest BCUT2D eigenvalue weighted by Crippen LogP contribution is 2.38. The number of halogens is 3. The third-order valence-corrected chi connectivity index (χ3v) is 6.07. The van der Waals surface area contributed by atoms with Crippen molar-refractivity contribution in [2.45, 2.75) is 39.3 Å². The van der Waals surface area contributed by atoms with Crippen LogP contribution in [0.3, 0.4) is 0 Å². The fourth-order valence-corrected chi connectivity index (χ4v) is 4.35. The smallest absolute Gasteiger partial charge is 0.497 e. The summed E-state index contributed by atoms with van der Waals surface area (Å²) in [6, 6.07) is 18.8. The number of alkyl halides is 3. The Bertz CT molecular complexity index is 1410. The number of carboxylic acids is 1. The lowest BCUT2D eigenvalue weighted by Crippen LogP contribution is -2.25. The molecule has 194 valence electrons. The molecule has 0 saturated carbocycles. The number of hydrogen-bond acceptors (Lipinski definition) is 4. The highest BCUT2D eigenvalue weighted by atomic mass is 19.4. The van der Waals surface area contributed by atoms with Crippen LogP contribution in [0.2, 0.25) is 0 Å². The highest BCUT2D eigenvalue weighted by molar-refractivity contribution is 5.98. The lowest BCUT2D eigenvalue weighted by atomic mass is 10.0. The van der Waals surface area contributed by atoms with E-state index >= 15 is 0 Å². The summed E-state index contributed by atoms with van der Waals surface area (Å²) >= 11 is 0. The molecule has 1 heterocycles. The first-order valence-electron chi connectivity index (χ1n) is 11.6. The number of aliphatic carboxylic acids is 1. The fourth-order valence-electron chi connectivity index (χ4n) is 4.35. The Labute approximate surface area is 211 Å². The number of hydrogen-bond donors (Lipinski definition) is 1. The van der Waals surface area contributed by atoms with Gasteiger partial charge >= 0.3 is 12.3 Å². The van der Waals surface area contributed by atoms with Gasteiger partial charge in [0.1, 0.15) is 17.2 Å². The van der Waals surface area contributed by atoms with Gasteiger partial charge in [-0.05, 0) is 60.9 Å². The number of aromatic nitrogens is 1. The molecule has 4 aromatic rings. The molecular weight excluding hydrogens is 487 g/mol. The summed E-state index contributed by atoms with van der Waals surface area (Å²) < 4.78 is 55.8. The van der Waals surface area contributed by atoms with Crippen molar-refractivity contribution >= 4 is 16.9 Å². The third-order valence-electron chi connectivity index (χ3n) is 6.07. The number of ether oxygens (including phenoxy) is 3. The number of methoxy groups -OCH3 is 1. The molecule has 9 heteroatoms. The summed E-state index contributed by atoms with van der Waals surface area (Å²) in [7, 11) is 1.57. The molecule has 0 amide bonds. The topological polar surface area (TPSA) is 69.9 Å². The summed E-state index contributed by atoms with van der Waals surface area (Å²) in [5, 5.41) is 10.1. The molecule has 0 spiro atoms. The Kier molecular flexibility index (Phi) is 7.33. The average Bonchev–Trinajstić information content (AvgIpc) is 3.12. The predicted octanol–water partition coefficient (Wildman–Crippen LogP) is 6.81. The first-order valence-corrected chi connectivity index (χ1v) is 11.6. The van der Waals surface area contributed by atoms with Crippen LogP contribution in [0.4, 0.5) is 13.2 Å². The summed E-state index contributed by atoms with van der Waals surface area (Å²) in [4.78, 5) is 11.4. The molecule has 6 nitrogen and oxygen atoms in total. The quantitative estimate of drug-likeness (QED) is 0.266. The molecule has 0 aliphatic rings. The normalized spacial score (nSPS) is 12.4. The fraction of sp³-hybridized carbons (Fsp3) is 0.250. The number of rotatable bonds is 9. The molecule has 3 aromatic carbocycles. The van der Waals surface area contributed by atoms with Crippen molar-refractivity contribution in [2.24, 2.45) is 0 Å². The van der Waals surface area contributed by atoms with Crippen LogP contribution < -0.4 is 14.2 Å². The van der Waals surface area contributed by atoms with Gasteiger partial charge in [-0.1, -0.05) is 31.2 Å². The average molecular weight is 514 g/mol. The van der Waals surface area contributed by atoms with Crippen LogP contribution in [0.5, 0.6) is 17.2 Å². The standard InChI is InChI=1S/C28H26F3NO5/c1-4-25(27(33)34)36-21-7-5-6-18(14-21)16-32-17(2)26(19-8-10-20(35-3)11-9-19)23-13-12-22(15-24(23)32)37-28(29,30)31/h5-15,25H,4,16H2,1-3H3,(H,33,34). The summed E-state index contributed by atoms with van der Waals surface area (Å²) in [5.41, 5.74) is 3.96. The van der Waals surface area contributed by atoms with Crippen LogP contribution in [-0.2, 0) is 11.3 Å². The third kappa shape index (κ3) is 5.82. The van der Waals surface area contributed by atoms with Gasteiger partial charge in [0.05, 0.1) is 12.6 Å². The van der Waals surface area contributed by atoms with Crippen LogP contribution >= 0.6 is 0 Å². The molecule has 0 aliphatic heterocycles. The summed E-state index contributed by atoms with van der Waals surface area (Å²) in [5.74, 6) is -0.280. The van der Waals surface area contributed by atoms with E-state index in [4.69, 9.17) is 9.47 Å². The van der Waals surface area contributed by atoms with Crippen molar-refractivity contribution in [1.29, 1.82) is 0 Å². The molecule has 0 fully saturated rings. The molecule has 0 bridgehead atoms. The molecule has 0 saturated heterocycles. The van der Waals surface area contributed by atoms with E-state index in [2.05, 4.69) is 4.74 Å².